The van der Waals surface area contributed by atoms with Gasteiger partial charge in [0.25, 0.3) is 0 Å². The molecule has 0 fully saturated rings. The molecule has 0 amide bonds. The van der Waals surface area contributed by atoms with Crippen LogP contribution in [0.15, 0.2) is 70.5 Å². The van der Waals surface area contributed by atoms with Crippen LogP contribution < -0.4 is 34.6 Å². The Balaban J connectivity index is 0. The maximum absolute atomic E-state index is 8.36. The first-order valence-electron chi connectivity index (χ1n) is 4.76. The van der Waals surface area contributed by atoms with Crippen LogP contribution in [0.1, 0.15) is 0 Å². The Labute approximate surface area is 134 Å². The van der Waals surface area contributed by atoms with Gasteiger partial charge >= 0.3 is 29.6 Å². The number of rotatable bonds is 2. The monoisotopic (exact) mass is 271 g/mol. The van der Waals surface area contributed by atoms with Gasteiger partial charge in [0, 0.05) is 11.8 Å². The van der Waals surface area contributed by atoms with Crippen molar-refractivity contribution < 1.29 is 45.1 Å². The smallest absolute Gasteiger partial charge is 0.870 e. The van der Waals surface area contributed by atoms with E-state index in [1.165, 1.54) is 21.6 Å². The summed E-state index contributed by atoms with van der Waals surface area (Å²) in [6.07, 6.45) is 0. The Morgan fingerprint density at radius 1 is 0.833 bits per heavy atom. The molecule has 0 atom stereocenters. The molecule has 0 saturated heterocycles. The molecule has 0 spiro atoms. The van der Waals surface area contributed by atoms with Gasteiger partial charge < -0.3 is 15.5 Å². The molecule has 18 heavy (non-hydrogen) atoms. The third kappa shape index (κ3) is 8.77. The summed E-state index contributed by atoms with van der Waals surface area (Å²) >= 11 is 1.28. The van der Waals surface area contributed by atoms with Gasteiger partial charge in [0.2, 0.25) is 0 Å². The minimum atomic E-state index is -0.250. The van der Waals surface area contributed by atoms with E-state index in [0.717, 1.165) is 0 Å². The molecule has 0 bridgehead atoms. The maximum Gasteiger partial charge on any atom is 1.00 e. The van der Waals surface area contributed by atoms with Gasteiger partial charge in [0.1, 0.15) is 0 Å². The molecule has 0 saturated carbocycles. The minimum absolute atomic E-state index is 0. The van der Waals surface area contributed by atoms with Gasteiger partial charge in [0.15, 0.2) is 17.5 Å². The van der Waals surface area contributed by atoms with Crippen molar-refractivity contribution in [3.8, 4) is 0 Å². The zero-order valence-corrected chi connectivity index (χ0v) is 13.0. The first-order chi connectivity index (χ1) is 7.86. The van der Waals surface area contributed by atoms with Gasteiger partial charge in [0.05, 0.1) is 0 Å². The molecule has 2 aromatic rings. The van der Waals surface area contributed by atoms with Crippen molar-refractivity contribution in [3.63, 3.8) is 0 Å². The van der Waals surface area contributed by atoms with Crippen LogP contribution in [-0.4, -0.2) is 18.2 Å². The molecule has 0 aliphatic carbocycles. The molecule has 0 aromatic heterocycles. The Bertz CT molecular complexity index is 352. The molecule has 1 radical (unpaired) electrons. The summed E-state index contributed by atoms with van der Waals surface area (Å²) in [6.45, 7) is 0. The van der Waals surface area contributed by atoms with E-state index in [0.29, 0.717) is 0 Å². The summed E-state index contributed by atoms with van der Waals surface area (Å²) in [7, 11) is -0.250. The summed E-state index contributed by atoms with van der Waals surface area (Å²) in [4.78, 5) is 2.68. The van der Waals surface area contributed by atoms with Crippen molar-refractivity contribution in [1.82, 2.24) is 0 Å². The van der Waals surface area contributed by atoms with Gasteiger partial charge in [-0.15, -0.1) is 0 Å². The third-order valence-corrected chi connectivity index (χ3v) is 2.88. The Hall–Kier alpha value is -0.265. The van der Waals surface area contributed by atoms with Gasteiger partial charge in [-0.25, -0.2) is 0 Å². The predicted octanol–water partition coefficient (Wildman–Crippen LogP) is -2.38. The minimum Gasteiger partial charge on any atom is -0.870 e. The Morgan fingerprint density at radius 3 is 1.39 bits per heavy atom. The summed E-state index contributed by atoms with van der Waals surface area (Å²) in [5.41, 5.74) is 0. The zero-order chi connectivity index (χ0) is 11.6. The zero-order valence-electron chi connectivity index (χ0n) is 10.1. The number of hydrogen-bond acceptors (Lipinski definition) is 3. The van der Waals surface area contributed by atoms with Crippen molar-refractivity contribution in [2.45, 2.75) is 9.79 Å². The van der Waals surface area contributed by atoms with Crippen molar-refractivity contribution >= 4 is 19.4 Å². The molecule has 0 heterocycles. The number of hydrogen-bond donors (Lipinski definition) is 1. The van der Waals surface area contributed by atoms with E-state index in [1.54, 1.807) is 0 Å². The number of thiol groups is 1. The number of benzene rings is 2. The molecule has 6 heteroatoms. The molecule has 0 aliphatic rings. The van der Waals surface area contributed by atoms with Gasteiger partial charge in [-0.1, -0.05) is 36.4 Å². The second kappa shape index (κ2) is 13.2. The maximum atomic E-state index is 8.36. The molecular formula is C12H13BNaO3S. The van der Waals surface area contributed by atoms with E-state index in [-0.39, 0.29) is 42.7 Å². The summed E-state index contributed by atoms with van der Waals surface area (Å²) in [6, 6.07) is 21.0. The van der Waals surface area contributed by atoms with Gasteiger partial charge in [-0.2, -0.15) is 0 Å². The van der Waals surface area contributed by atoms with E-state index in [9.17, 15) is 0 Å². The molecule has 2 aromatic carbocycles. The van der Waals surface area contributed by atoms with Crippen LogP contribution in [0.3, 0.4) is 0 Å². The fraction of sp³-hybridized carbons (Fsp3) is 0. The first-order valence-corrected chi connectivity index (χ1v) is 5.66. The van der Waals surface area contributed by atoms with Crippen LogP contribution in [-0.2, 0) is 11.8 Å². The molecule has 89 valence electrons. The van der Waals surface area contributed by atoms with E-state index >= 15 is 0 Å². The Morgan fingerprint density at radius 2 is 1.11 bits per heavy atom. The van der Waals surface area contributed by atoms with Crippen molar-refractivity contribution in [1.29, 1.82) is 0 Å². The van der Waals surface area contributed by atoms with Gasteiger partial charge in [-0.3, -0.25) is 0 Å². The quantitative estimate of drug-likeness (QED) is 0.376. The molecule has 2 N–H and O–H groups in total. The van der Waals surface area contributed by atoms with Crippen molar-refractivity contribution in [2.24, 2.45) is 0 Å². The summed E-state index contributed by atoms with van der Waals surface area (Å²) in [5, 5.41) is 15.2. The van der Waals surface area contributed by atoms with Crippen molar-refractivity contribution in [2.75, 3.05) is 0 Å². The van der Waals surface area contributed by atoms with Crippen LogP contribution in [0.2, 0.25) is 0 Å². The predicted molar refractivity (Wildman–Crippen MR) is 68.1 cm³/mol. The normalized spacial score (nSPS) is 7.89. The van der Waals surface area contributed by atoms with Crippen LogP contribution >= 0.6 is 0 Å². The van der Waals surface area contributed by atoms with E-state index in [1.807, 2.05) is 12.1 Å². The fourth-order valence-corrected chi connectivity index (χ4v) is 2.09. The molecular weight excluding hydrogens is 258 g/mol. The largest absolute Gasteiger partial charge is 1.00 e. The molecule has 2 rings (SSSR count). The molecule has 0 unspecified atom stereocenters. The van der Waals surface area contributed by atoms with Gasteiger partial charge in [-0.05, 0) is 24.3 Å². The Kier molecular flexibility index (Phi) is 14.7. The van der Waals surface area contributed by atoms with Crippen LogP contribution in [0.4, 0.5) is 0 Å². The van der Waals surface area contributed by atoms with Crippen molar-refractivity contribution in [3.05, 3.63) is 60.7 Å². The summed E-state index contributed by atoms with van der Waals surface area (Å²) in [5.74, 6) is 0. The van der Waals surface area contributed by atoms with E-state index < -0.39 is 0 Å². The van der Waals surface area contributed by atoms with Crippen LogP contribution in [0, 0.1) is 0 Å². The standard InChI is InChI=1S/C12H10S.BHO2.Na.H2O/c1-3-7-11(8-4-1)13-12-9-5-2-6-10-12;2-1-3;;/h1-10H;2H;;1H2/q;-1;+1;. The topological polar surface area (TPSA) is 73.3 Å². The average Bonchev–Trinajstić information content (AvgIpc) is 2.33. The van der Waals surface area contributed by atoms with E-state index in [2.05, 4.69) is 48.5 Å². The van der Waals surface area contributed by atoms with E-state index in [4.69, 9.17) is 10.0 Å². The second-order valence-corrected chi connectivity index (χ2v) is 4.14. The van der Waals surface area contributed by atoms with Crippen LogP contribution in [0.5, 0.6) is 0 Å². The summed E-state index contributed by atoms with van der Waals surface area (Å²) < 4.78 is 0. The SMILES string of the molecule is [Na+].[O-][B]O.[OH-].c1ccc([SH+]c2ccccc2)cc1. The fourth-order valence-electron chi connectivity index (χ4n) is 1.15. The average molecular weight is 271 g/mol. The molecule has 3 nitrogen and oxygen atoms in total. The molecule has 0 aliphatic heterocycles. The van der Waals surface area contributed by atoms with Crippen LogP contribution in [0.25, 0.3) is 0 Å². The first kappa shape index (κ1) is 20.1. The second-order valence-electron chi connectivity index (χ2n) is 2.89. The third-order valence-electron chi connectivity index (χ3n) is 1.77.